The SMILES string of the molecule is Cc1cc(C(=O)N(Cc2cccs2)C2CC2)ccc1[N+](=O)[O-]. The highest BCUT2D eigenvalue weighted by Gasteiger charge is 2.33. The Morgan fingerprint density at radius 3 is 2.73 bits per heavy atom. The van der Waals surface area contributed by atoms with Crippen molar-refractivity contribution < 1.29 is 9.72 Å². The van der Waals surface area contributed by atoms with Crippen LogP contribution in [-0.2, 0) is 6.54 Å². The molecule has 3 rings (SSSR count). The number of benzene rings is 1. The van der Waals surface area contributed by atoms with E-state index in [1.165, 1.54) is 6.07 Å². The maximum atomic E-state index is 12.7. The maximum absolute atomic E-state index is 12.7. The normalized spacial score (nSPS) is 13.9. The predicted octanol–water partition coefficient (Wildman–Crippen LogP) is 3.77. The molecular formula is C16H16N2O3S. The molecule has 1 aliphatic rings. The number of amides is 1. The van der Waals surface area contributed by atoms with Crippen molar-refractivity contribution in [2.45, 2.75) is 32.4 Å². The quantitative estimate of drug-likeness (QED) is 0.623. The van der Waals surface area contributed by atoms with Crippen molar-refractivity contribution in [2.75, 3.05) is 0 Å². The van der Waals surface area contributed by atoms with E-state index >= 15 is 0 Å². The number of thiophene rings is 1. The predicted molar refractivity (Wildman–Crippen MR) is 85.0 cm³/mol. The molecule has 0 spiro atoms. The Kier molecular flexibility index (Phi) is 3.94. The number of hydrogen-bond donors (Lipinski definition) is 0. The molecule has 1 amide bonds. The zero-order valence-corrected chi connectivity index (χ0v) is 13.0. The first-order chi connectivity index (χ1) is 10.6. The van der Waals surface area contributed by atoms with Gasteiger partial charge in [-0.3, -0.25) is 14.9 Å². The van der Waals surface area contributed by atoms with Crippen molar-refractivity contribution >= 4 is 22.9 Å². The lowest BCUT2D eigenvalue weighted by Crippen LogP contribution is -2.32. The minimum absolute atomic E-state index is 0.0473. The van der Waals surface area contributed by atoms with Crippen molar-refractivity contribution in [3.63, 3.8) is 0 Å². The number of carbonyl (C=O) groups excluding carboxylic acids is 1. The minimum atomic E-state index is -0.423. The largest absolute Gasteiger partial charge is 0.331 e. The molecule has 0 radical (unpaired) electrons. The van der Waals surface area contributed by atoms with Gasteiger partial charge >= 0.3 is 0 Å². The van der Waals surface area contributed by atoms with E-state index in [1.807, 2.05) is 22.4 Å². The van der Waals surface area contributed by atoms with E-state index in [4.69, 9.17) is 0 Å². The summed E-state index contributed by atoms with van der Waals surface area (Å²) in [6.45, 7) is 2.27. The van der Waals surface area contributed by atoms with E-state index in [0.717, 1.165) is 17.7 Å². The molecule has 2 aromatic rings. The smallest absolute Gasteiger partial charge is 0.272 e. The summed E-state index contributed by atoms with van der Waals surface area (Å²) >= 11 is 1.64. The van der Waals surface area contributed by atoms with Crippen LogP contribution in [0.25, 0.3) is 0 Å². The first kappa shape index (κ1) is 14.7. The summed E-state index contributed by atoms with van der Waals surface area (Å²) in [5, 5.41) is 12.9. The Labute approximate surface area is 132 Å². The highest BCUT2D eigenvalue weighted by Crippen LogP contribution is 2.31. The third kappa shape index (κ3) is 3.01. The van der Waals surface area contributed by atoms with E-state index in [9.17, 15) is 14.9 Å². The molecule has 114 valence electrons. The van der Waals surface area contributed by atoms with Crippen molar-refractivity contribution in [3.8, 4) is 0 Å². The Bertz CT molecular complexity index is 708. The van der Waals surface area contributed by atoms with Crippen molar-refractivity contribution in [2.24, 2.45) is 0 Å². The van der Waals surface area contributed by atoms with Gasteiger partial charge in [0.05, 0.1) is 11.5 Å². The topological polar surface area (TPSA) is 63.5 Å². The highest BCUT2D eigenvalue weighted by atomic mass is 32.1. The fourth-order valence-electron chi connectivity index (χ4n) is 2.48. The monoisotopic (exact) mass is 316 g/mol. The molecule has 1 saturated carbocycles. The summed E-state index contributed by atoms with van der Waals surface area (Å²) < 4.78 is 0. The Balaban J connectivity index is 1.84. The second-order valence-corrected chi connectivity index (χ2v) is 6.53. The lowest BCUT2D eigenvalue weighted by Gasteiger charge is -2.22. The zero-order valence-electron chi connectivity index (χ0n) is 12.2. The van der Waals surface area contributed by atoms with Crippen molar-refractivity contribution in [3.05, 3.63) is 61.8 Å². The number of hydrogen-bond acceptors (Lipinski definition) is 4. The Morgan fingerprint density at radius 2 is 2.18 bits per heavy atom. The number of nitro benzene ring substituents is 1. The van der Waals surface area contributed by atoms with Crippen LogP contribution >= 0.6 is 11.3 Å². The average molecular weight is 316 g/mol. The summed E-state index contributed by atoms with van der Waals surface area (Å²) in [5.41, 5.74) is 1.09. The highest BCUT2D eigenvalue weighted by molar-refractivity contribution is 7.09. The van der Waals surface area contributed by atoms with E-state index in [1.54, 1.807) is 30.4 Å². The van der Waals surface area contributed by atoms with Crippen LogP contribution in [0.1, 0.15) is 33.6 Å². The summed E-state index contributed by atoms with van der Waals surface area (Å²) in [6.07, 6.45) is 2.06. The minimum Gasteiger partial charge on any atom is -0.331 e. The molecule has 0 N–H and O–H groups in total. The van der Waals surface area contributed by atoms with Crippen LogP contribution in [0, 0.1) is 17.0 Å². The standard InChI is InChI=1S/C16H16N2O3S/c1-11-9-12(4-7-15(11)18(20)21)16(19)17(13-5-6-13)10-14-3-2-8-22-14/h2-4,7-9,13H,5-6,10H2,1H3. The van der Waals surface area contributed by atoms with Gasteiger partial charge in [0.2, 0.25) is 0 Å². The van der Waals surface area contributed by atoms with E-state index in [2.05, 4.69) is 0 Å². The number of nitrogens with zero attached hydrogens (tertiary/aromatic N) is 2. The van der Waals surface area contributed by atoms with Gasteiger partial charge in [-0.25, -0.2) is 0 Å². The first-order valence-electron chi connectivity index (χ1n) is 7.14. The maximum Gasteiger partial charge on any atom is 0.272 e. The Hall–Kier alpha value is -2.21. The van der Waals surface area contributed by atoms with E-state index < -0.39 is 4.92 Å². The number of carbonyl (C=O) groups is 1. The van der Waals surface area contributed by atoms with Gasteiger partial charge in [0.1, 0.15) is 0 Å². The molecular weight excluding hydrogens is 300 g/mol. The molecule has 1 heterocycles. The van der Waals surface area contributed by atoms with Gasteiger partial charge in [-0.05, 0) is 43.3 Å². The van der Waals surface area contributed by atoms with Crippen LogP contribution in [0.3, 0.4) is 0 Å². The average Bonchev–Trinajstić information content (AvgIpc) is 3.20. The Morgan fingerprint density at radius 1 is 1.41 bits per heavy atom. The first-order valence-corrected chi connectivity index (χ1v) is 8.02. The fraction of sp³-hybridized carbons (Fsp3) is 0.312. The van der Waals surface area contributed by atoms with Crippen molar-refractivity contribution in [1.82, 2.24) is 4.90 Å². The molecule has 1 aliphatic carbocycles. The van der Waals surface area contributed by atoms with Gasteiger partial charge in [-0.2, -0.15) is 0 Å². The second-order valence-electron chi connectivity index (χ2n) is 5.50. The van der Waals surface area contributed by atoms with E-state index in [0.29, 0.717) is 23.7 Å². The van der Waals surface area contributed by atoms with Gasteiger partial charge < -0.3 is 4.90 Å². The molecule has 6 heteroatoms. The fourth-order valence-corrected chi connectivity index (χ4v) is 3.19. The summed E-state index contributed by atoms with van der Waals surface area (Å²) in [6, 6.07) is 8.88. The molecule has 0 aliphatic heterocycles. The number of rotatable bonds is 5. The lowest BCUT2D eigenvalue weighted by molar-refractivity contribution is -0.385. The summed E-state index contributed by atoms with van der Waals surface area (Å²) in [7, 11) is 0. The van der Waals surface area contributed by atoms with Gasteiger partial charge in [-0.15, -0.1) is 11.3 Å². The van der Waals surface area contributed by atoms with Gasteiger partial charge in [-0.1, -0.05) is 6.07 Å². The molecule has 22 heavy (non-hydrogen) atoms. The summed E-state index contributed by atoms with van der Waals surface area (Å²) in [5.74, 6) is -0.0473. The molecule has 0 saturated heterocycles. The van der Waals surface area contributed by atoms with Gasteiger partial charge in [0.25, 0.3) is 11.6 Å². The summed E-state index contributed by atoms with van der Waals surface area (Å²) in [4.78, 5) is 26.2. The van der Waals surface area contributed by atoms with Crippen LogP contribution in [0.2, 0.25) is 0 Å². The molecule has 0 atom stereocenters. The van der Waals surface area contributed by atoms with Gasteiger partial charge in [0, 0.05) is 28.1 Å². The zero-order chi connectivity index (χ0) is 15.7. The van der Waals surface area contributed by atoms with Crippen LogP contribution in [-0.4, -0.2) is 21.8 Å². The molecule has 0 unspecified atom stereocenters. The van der Waals surface area contributed by atoms with Crippen LogP contribution in [0.15, 0.2) is 35.7 Å². The molecule has 5 nitrogen and oxygen atoms in total. The molecule has 0 bridgehead atoms. The molecule has 1 fully saturated rings. The van der Waals surface area contributed by atoms with Crippen molar-refractivity contribution in [1.29, 1.82) is 0 Å². The van der Waals surface area contributed by atoms with E-state index in [-0.39, 0.29) is 11.6 Å². The van der Waals surface area contributed by atoms with Gasteiger partial charge in [0.15, 0.2) is 0 Å². The molecule has 1 aromatic heterocycles. The van der Waals surface area contributed by atoms with Crippen LogP contribution in [0.4, 0.5) is 5.69 Å². The third-order valence-corrected chi connectivity index (χ3v) is 4.66. The van der Waals surface area contributed by atoms with Crippen LogP contribution in [0.5, 0.6) is 0 Å². The lowest BCUT2D eigenvalue weighted by atomic mass is 10.1. The van der Waals surface area contributed by atoms with Crippen LogP contribution < -0.4 is 0 Å². The second kappa shape index (κ2) is 5.88. The number of nitro groups is 1. The number of aryl methyl sites for hydroxylation is 1. The third-order valence-electron chi connectivity index (χ3n) is 3.80. The molecule has 1 aromatic carbocycles.